The fourth-order valence-corrected chi connectivity index (χ4v) is 3.62. The maximum Gasteiger partial charge on any atom is 0.244 e. The Morgan fingerprint density at radius 2 is 2.12 bits per heavy atom. The van der Waals surface area contributed by atoms with Gasteiger partial charge in [0.25, 0.3) is 0 Å². The summed E-state index contributed by atoms with van der Waals surface area (Å²) in [5, 5.41) is 0.237. The molecule has 0 aliphatic heterocycles. The number of rotatable bonds is 4. The molecule has 4 nitrogen and oxygen atoms in total. The van der Waals surface area contributed by atoms with Crippen molar-refractivity contribution < 1.29 is 8.42 Å². The van der Waals surface area contributed by atoms with Gasteiger partial charge in [0, 0.05) is 19.6 Å². The van der Waals surface area contributed by atoms with Crippen molar-refractivity contribution >= 4 is 21.6 Å². The third-order valence-corrected chi connectivity index (χ3v) is 5.34. The van der Waals surface area contributed by atoms with Gasteiger partial charge in [-0.05, 0) is 30.5 Å². The lowest BCUT2D eigenvalue weighted by Gasteiger charge is -2.17. The summed E-state index contributed by atoms with van der Waals surface area (Å²) < 4.78 is 25.9. The van der Waals surface area contributed by atoms with E-state index in [0.29, 0.717) is 6.54 Å². The van der Waals surface area contributed by atoms with Gasteiger partial charge in [-0.25, -0.2) is 8.42 Å². The van der Waals surface area contributed by atoms with Crippen molar-refractivity contribution in [3.8, 4) is 0 Å². The highest BCUT2D eigenvalue weighted by molar-refractivity contribution is 7.89. The quantitative estimate of drug-likeness (QED) is 0.907. The summed E-state index contributed by atoms with van der Waals surface area (Å²) in [5.74, 6) is 0. The minimum absolute atomic E-state index is 0.130. The van der Waals surface area contributed by atoms with E-state index < -0.39 is 10.0 Å². The largest absolute Gasteiger partial charge is 0.326 e. The molecule has 0 heterocycles. The first kappa shape index (κ1) is 12.8. The predicted octanol–water partition coefficient (Wildman–Crippen LogP) is 1.58. The molecule has 2 N–H and O–H groups in total. The zero-order valence-electron chi connectivity index (χ0n) is 9.56. The molecule has 0 spiro atoms. The van der Waals surface area contributed by atoms with Crippen LogP contribution in [0.15, 0.2) is 23.1 Å². The standard InChI is InChI=1S/C11H15ClN2O2S/c1-14(9-3-4-9)17(15,16)11-5-2-8(7-13)6-10(11)12/h2,5-6,9H,3-4,7,13H2,1H3. The van der Waals surface area contributed by atoms with Crippen LogP contribution >= 0.6 is 11.6 Å². The molecule has 6 heteroatoms. The molecule has 0 bridgehead atoms. The number of hydrogen-bond donors (Lipinski definition) is 1. The zero-order valence-corrected chi connectivity index (χ0v) is 11.1. The summed E-state index contributed by atoms with van der Waals surface area (Å²) in [6, 6.07) is 4.96. The van der Waals surface area contributed by atoms with E-state index in [4.69, 9.17) is 17.3 Å². The average molecular weight is 275 g/mol. The van der Waals surface area contributed by atoms with Crippen molar-refractivity contribution in [2.24, 2.45) is 5.73 Å². The Kier molecular flexibility index (Phi) is 3.45. The van der Waals surface area contributed by atoms with Crippen LogP contribution in [0.25, 0.3) is 0 Å². The van der Waals surface area contributed by atoms with Gasteiger partial charge in [-0.15, -0.1) is 0 Å². The molecule has 1 fully saturated rings. The van der Waals surface area contributed by atoms with Gasteiger partial charge in [-0.2, -0.15) is 4.31 Å². The topological polar surface area (TPSA) is 63.4 Å². The molecule has 0 aromatic heterocycles. The Morgan fingerprint density at radius 1 is 1.47 bits per heavy atom. The van der Waals surface area contributed by atoms with Crippen molar-refractivity contribution in [2.45, 2.75) is 30.3 Å². The molecule has 0 unspecified atom stereocenters. The van der Waals surface area contributed by atoms with Crippen LogP contribution in [0.2, 0.25) is 5.02 Å². The average Bonchev–Trinajstić information content (AvgIpc) is 3.11. The van der Waals surface area contributed by atoms with E-state index in [9.17, 15) is 8.42 Å². The Bertz CT molecular complexity index is 526. The molecule has 0 saturated heterocycles. The monoisotopic (exact) mass is 274 g/mol. The van der Waals surface area contributed by atoms with Crippen LogP contribution in [-0.4, -0.2) is 25.8 Å². The van der Waals surface area contributed by atoms with E-state index in [1.165, 1.54) is 10.4 Å². The summed E-state index contributed by atoms with van der Waals surface area (Å²) in [6.45, 7) is 0.346. The molecule has 1 aromatic rings. The van der Waals surface area contributed by atoms with Crippen molar-refractivity contribution in [3.63, 3.8) is 0 Å². The molecule has 1 aromatic carbocycles. The Labute approximate surface area is 106 Å². The first-order valence-electron chi connectivity index (χ1n) is 5.43. The summed E-state index contributed by atoms with van der Waals surface area (Å²) in [4.78, 5) is 0.158. The predicted molar refractivity (Wildman–Crippen MR) is 67.3 cm³/mol. The molecule has 94 valence electrons. The molecule has 0 radical (unpaired) electrons. The van der Waals surface area contributed by atoms with Crippen molar-refractivity contribution in [1.29, 1.82) is 0 Å². The van der Waals surface area contributed by atoms with E-state index in [-0.39, 0.29) is 16.0 Å². The van der Waals surface area contributed by atoms with E-state index in [0.717, 1.165) is 18.4 Å². The normalized spacial score (nSPS) is 16.5. The molecule has 1 aliphatic rings. The van der Waals surface area contributed by atoms with Crippen LogP contribution in [0, 0.1) is 0 Å². The van der Waals surface area contributed by atoms with Crippen molar-refractivity contribution in [2.75, 3.05) is 7.05 Å². The third-order valence-electron chi connectivity index (χ3n) is 2.95. The summed E-state index contributed by atoms with van der Waals surface area (Å²) in [7, 11) is -1.87. The second-order valence-electron chi connectivity index (χ2n) is 4.22. The van der Waals surface area contributed by atoms with Gasteiger partial charge in [0.1, 0.15) is 4.90 Å². The van der Waals surface area contributed by atoms with Gasteiger partial charge in [0.2, 0.25) is 10.0 Å². The second-order valence-corrected chi connectivity index (χ2v) is 6.59. The van der Waals surface area contributed by atoms with E-state index in [1.807, 2.05) is 0 Å². The highest BCUT2D eigenvalue weighted by Gasteiger charge is 2.35. The van der Waals surface area contributed by atoms with Crippen LogP contribution in [0.4, 0.5) is 0 Å². The molecule has 17 heavy (non-hydrogen) atoms. The number of halogens is 1. The van der Waals surface area contributed by atoms with E-state index in [1.54, 1.807) is 19.2 Å². The number of benzene rings is 1. The van der Waals surface area contributed by atoms with Gasteiger partial charge in [-0.1, -0.05) is 17.7 Å². The van der Waals surface area contributed by atoms with Crippen LogP contribution < -0.4 is 5.73 Å². The van der Waals surface area contributed by atoms with Gasteiger partial charge in [-0.3, -0.25) is 0 Å². The molecular weight excluding hydrogens is 260 g/mol. The first-order chi connectivity index (χ1) is 7.96. The van der Waals surface area contributed by atoms with Crippen LogP contribution in [0.1, 0.15) is 18.4 Å². The van der Waals surface area contributed by atoms with Crippen LogP contribution in [0.5, 0.6) is 0 Å². The maximum atomic E-state index is 12.2. The SMILES string of the molecule is CN(C1CC1)S(=O)(=O)c1ccc(CN)cc1Cl. The van der Waals surface area contributed by atoms with Crippen molar-refractivity contribution in [1.82, 2.24) is 4.31 Å². The maximum absolute atomic E-state index is 12.2. The van der Waals surface area contributed by atoms with Gasteiger partial charge in [0.05, 0.1) is 5.02 Å². The van der Waals surface area contributed by atoms with E-state index >= 15 is 0 Å². The lowest BCUT2D eigenvalue weighted by molar-refractivity contribution is 0.464. The highest BCUT2D eigenvalue weighted by Crippen LogP contribution is 2.33. The molecule has 0 amide bonds. The van der Waals surface area contributed by atoms with Crippen LogP contribution in [0.3, 0.4) is 0 Å². The molecular formula is C11H15ClN2O2S. The lowest BCUT2D eigenvalue weighted by Crippen LogP contribution is -2.29. The zero-order chi connectivity index (χ0) is 12.6. The third kappa shape index (κ3) is 2.47. The smallest absolute Gasteiger partial charge is 0.244 e. The summed E-state index contributed by atoms with van der Waals surface area (Å²) >= 11 is 6.00. The fraction of sp³-hybridized carbons (Fsp3) is 0.455. The number of sulfonamides is 1. The first-order valence-corrected chi connectivity index (χ1v) is 7.25. The Balaban J connectivity index is 2.39. The molecule has 1 saturated carbocycles. The second kappa shape index (κ2) is 4.57. The minimum atomic E-state index is -3.47. The summed E-state index contributed by atoms with van der Waals surface area (Å²) in [5.41, 5.74) is 6.30. The summed E-state index contributed by atoms with van der Waals surface area (Å²) in [6.07, 6.45) is 1.85. The van der Waals surface area contributed by atoms with Gasteiger partial charge in [0.15, 0.2) is 0 Å². The number of nitrogens with two attached hydrogens (primary N) is 1. The highest BCUT2D eigenvalue weighted by atomic mass is 35.5. The van der Waals surface area contributed by atoms with E-state index in [2.05, 4.69) is 0 Å². The molecule has 1 aliphatic carbocycles. The van der Waals surface area contributed by atoms with Gasteiger partial charge < -0.3 is 5.73 Å². The Morgan fingerprint density at radius 3 is 2.59 bits per heavy atom. The van der Waals surface area contributed by atoms with Crippen LogP contribution in [-0.2, 0) is 16.6 Å². The number of nitrogens with zero attached hydrogens (tertiary/aromatic N) is 1. The fourth-order valence-electron chi connectivity index (χ4n) is 1.67. The minimum Gasteiger partial charge on any atom is -0.326 e. The molecule has 0 atom stereocenters. The van der Waals surface area contributed by atoms with Gasteiger partial charge >= 0.3 is 0 Å². The Hall–Kier alpha value is -0.620. The lowest BCUT2D eigenvalue weighted by atomic mass is 10.2. The van der Waals surface area contributed by atoms with Crippen molar-refractivity contribution in [3.05, 3.63) is 28.8 Å². The number of hydrogen-bond acceptors (Lipinski definition) is 3. The molecule has 2 rings (SSSR count).